The molecule has 0 saturated carbocycles. The molecular formula is C16H14BrClF4N4. The van der Waals surface area contributed by atoms with E-state index in [1.165, 1.54) is 0 Å². The molecule has 10 heteroatoms. The summed E-state index contributed by atoms with van der Waals surface area (Å²) < 4.78 is 53.9. The number of aromatic nitrogens is 2. The molecule has 0 N–H and O–H groups in total. The Morgan fingerprint density at radius 2 is 1.81 bits per heavy atom. The summed E-state index contributed by atoms with van der Waals surface area (Å²) in [5.74, 6) is -0.834. The van der Waals surface area contributed by atoms with E-state index in [1.807, 2.05) is 11.9 Å². The van der Waals surface area contributed by atoms with Crippen LogP contribution in [0, 0.1) is 5.82 Å². The topological polar surface area (TPSA) is 32.3 Å². The van der Waals surface area contributed by atoms with Gasteiger partial charge < -0.3 is 4.90 Å². The number of rotatable bonds is 1. The summed E-state index contributed by atoms with van der Waals surface area (Å²) in [7, 11) is 2.04. The second-order valence-electron chi connectivity index (χ2n) is 6.72. The number of fused-ring (bicyclic) bond motifs is 3. The molecule has 140 valence electrons. The van der Waals surface area contributed by atoms with Gasteiger partial charge in [0.05, 0.1) is 10.0 Å². The molecule has 2 saturated heterocycles. The zero-order valence-corrected chi connectivity index (χ0v) is 16.0. The molecule has 4 nitrogen and oxygen atoms in total. The lowest BCUT2D eigenvalue weighted by atomic mass is 10.1. The quantitative estimate of drug-likeness (QED) is 0.471. The van der Waals surface area contributed by atoms with Crippen LogP contribution in [0.15, 0.2) is 10.5 Å². The number of hydrogen-bond donors (Lipinski definition) is 0. The Kier molecular flexibility index (Phi) is 4.32. The van der Waals surface area contributed by atoms with Gasteiger partial charge in [0.2, 0.25) is 5.28 Å². The number of anilines is 1. The van der Waals surface area contributed by atoms with Crippen LogP contribution in [0.3, 0.4) is 0 Å². The van der Waals surface area contributed by atoms with Crippen molar-refractivity contribution in [1.29, 1.82) is 0 Å². The predicted molar refractivity (Wildman–Crippen MR) is 94.0 cm³/mol. The molecule has 2 aliphatic heterocycles. The molecule has 1 aromatic heterocycles. The molecule has 0 spiro atoms. The Bertz CT molecular complexity index is 877. The van der Waals surface area contributed by atoms with Crippen molar-refractivity contribution in [2.24, 2.45) is 0 Å². The van der Waals surface area contributed by atoms with Crippen LogP contribution in [0.1, 0.15) is 18.4 Å². The van der Waals surface area contributed by atoms with Crippen LogP contribution in [0.2, 0.25) is 5.28 Å². The van der Waals surface area contributed by atoms with E-state index in [1.54, 1.807) is 0 Å². The minimum atomic E-state index is -4.70. The Balaban J connectivity index is 1.91. The van der Waals surface area contributed by atoms with Gasteiger partial charge in [-0.25, -0.2) is 9.37 Å². The van der Waals surface area contributed by atoms with Crippen molar-refractivity contribution >= 4 is 44.3 Å². The van der Waals surface area contributed by atoms with Gasteiger partial charge in [-0.05, 0) is 53.5 Å². The maximum Gasteiger partial charge on any atom is 0.417 e. The summed E-state index contributed by atoms with van der Waals surface area (Å²) in [5.41, 5.74) is -1.31. The minimum Gasteiger partial charge on any atom is -0.353 e. The van der Waals surface area contributed by atoms with Crippen LogP contribution in [0.4, 0.5) is 23.4 Å². The van der Waals surface area contributed by atoms with Crippen molar-refractivity contribution in [3.8, 4) is 0 Å². The second kappa shape index (κ2) is 6.17. The van der Waals surface area contributed by atoms with Crippen molar-refractivity contribution in [2.75, 3.05) is 25.0 Å². The van der Waals surface area contributed by atoms with Crippen molar-refractivity contribution in [3.63, 3.8) is 0 Å². The van der Waals surface area contributed by atoms with Gasteiger partial charge in [-0.1, -0.05) is 0 Å². The van der Waals surface area contributed by atoms with Gasteiger partial charge >= 0.3 is 6.18 Å². The molecule has 2 aromatic rings. The highest BCUT2D eigenvalue weighted by Crippen LogP contribution is 2.42. The van der Waals surface area contributed by atoms with E-state index in [9.17, 15) is 17.6 Å². The third-order valence-corrected chi connectivity index (χ3v) is 6.22. The summed E-state index contributed by atoms with van der Waals surface area (Å²) in [5, 5.41) is -0.171. The van der Waals surface area contributed by atoms with E-state index >= 15 is 0 Å². The molecule has 2 fully saturated rings. The zero-order chi connectivity index (χ0) is 18.8. The first-order chi connectivity index (χ1) is 12.2. The summed E-state index contributed by atoms with van der Waals surface area (Å²) in [6, 6.07) is 1.48. The number of nitrogens with zero attached hydrogens (tertiary/aromatic N) is 4. The van der Waals surface area contributed by atoms with Gasteiger partial charge in [-0.3, -0.25) is 4.90 Å². The lowest BCUT2D eigenvalue weighted by Gasteiger charge is -2.39. The highest BCUT2D eigenvalue weighted by Gasteiger charge is 2.40. The molecule has 0 aliphatic carbocycles. The molecular weight excluding hydrogens is 440 g/mol. The smallest absolute Gasteiger partial charge is 0.353 e. The first-order valence-electron chi connectivity index (χ1n) is 8.06. The van der Waals surface area contributed by atoms with Crippen molar-refractivity contribution in [3.05, 3.63) is 27.2 Å². The number of alkyl halides is 3. The second-order valence-corrected chi connectivity index (χ2v) is 7.85. The van der Waals surface area contributed by atoms with E-state index in [-0.39, 0.29) is 22.0 Å². The van der Waals surface area contributed by atoms with Crippen LogP contribution in [-0.2, 0) is 6.18 Å². The van der Waals surface area contributed by atoms with E-state index in [4.69, 9.17) is 11.6 Å². The SMILES string of the molecule is CN1C2CCC1CN(c1nc(Cl)nc3c(F)c(Br)c(C(F)(F)F)cc13)C2. The van der Waals surface area contributed by atoms with Gasteiger partial charge in [0.25, 0.3) is 0 Å². The Hall–Kier alpha value is -1.19. The van der Waals surface area contributed by atoms with Crippen LogP contribution in [-0.4, -0.2) is 47.1 Å². The molecule has 26 heavy (non-hydrogen) atoms. The lowest BCUT2D eigenvalue weighted by Crippen LogP contribution is -2.52. The third kappa shape index (κ3) is 2.84. The Morgan fingerprint density at radius 1 is 1.19 bits per heavy atom. The predicted octanol–water partition coefficient (Wildman–Crippen LogP) is 4.49. The van der Waals surface area contributed by atoms with Crippen LogP contribution in [0.25, 0.3) is 10.9 Å². The first-order valence-corrected chi connectivity index (χ1v) is 9.23. The van der Waals surface area contributed by atoms with Gasteiger partial charge in [0.15, 0.2) is 5.82 Å². The van der Waals surface area contributed by atoms with Crippen LogP contribution >= 0.6 is 27.5 Å². The highest BCUT2D eigenvalue weighted by atomic mass is 79.9. The first kappa shape index (κ1) is 18.2. The van der Waals surface area contributed by atoms with E-state index < -0.39 is 22.0 Å². The van der Waals surface area contributed by atoms with Crippen molar-refractivity contribution in [2.45, 2.75) is 31.1 Å². The summed E-state index contributed by atoms with van der Waals surface area (Å²) in [6.45, 7) is 1.21. The molecule has 2 atom stereocenters. The Labute approximate surface area is 160 Å². The molecule has 0 radical (unpaired) electrons. The average molecular weight is 454 g/mol. The van der Waals surface area contributed by atoms with E-state index in [2.05, 4.69) is 30.8 Å². The molecule has 2 aliphatic rings. The van der Waals surface area contributed by atoms with Crippen LogP contribution < -0.4 is 4.90 Å². The largest absolute Gasteiger partial charge is 0.417 e. The van der Waals surface area contributed by atoms with E-state index in [0.717, 1.165) is 18.9 Å². The summed E-state index contributed by atoms with van der Waals surface area (Å²) in [6.07, 6.45) is -2.67. The number of likely N-dealkylation sites (N-methyl/N-ethyl adjacent to an activating group) is 1. The molecule has 2 unspecified atom stereocenters. The normalized spacial score (nSPS) is 23.9. The fraction of sp³-hybridized carbons (Fsp3) is 0.500. The highest BCUT2D eigenvalue weighted by molar-refractivity contribution is 9.10. The molecule has 1 aromatic carbocycles. The summed E-state index contributed by atoms with van der Waals surface area (Å²) >= 11 is 8.65. The van der Waals surface area contributed by atoms with Gasteiger partial charge in [0.1, 0.15) is 11.3 Å². The standard InChI is InChI=1S/C16H14BrClF4N4/c1-25-7-2-3-8(25)6-26(5-7)14-9-4-10(16(20,21)22)11(17)12(19)13(9)23-15(18)24-14/h4,7-8H,2-3,5-6H2,1H3. The minimum absolute atomic E-state index is 0.0198. The molecule has 3 heterocycles. The number of piperazine rings is 1. The number of halogens is 6. The fourth-order valence-electron chi connectivity index (χ4n) is 3.90. The van der Waals surface area contributed by atoms with Crippen molar-refractivity contribution in [1.82, 2.24) is 14.9 Å². The maximum atomic E-state index is 14.6. The summed E-state index contributed by atoms with van der Waals surface area (Å²) in [4.78, 5) is 12.2. The van der Waals surface area contributed by atoms with Gasteiger partial charge in [-0.2, -0.15) is 18.2 Å². The van der Waals surface area contributed by atoms with Gasteiger partial charge in [0, 0.05) is 30.6 Å². The zero-order valence-electron chi connectivity index (χ0n) is 13.6. The molecule has 0 amide bonds. The number of benzene rings is 1. The van der Waals surface area contributed by atoms with Crippen molar-refractivity contribution < 1.29 is 17.6 Å². The maximum absolute atomic E-state index is 14.6. The number of hydrogen-bond acceptors (Lipinski definition) is 4. The average Bonchev–Trinajstić information content (AvgIpc) is 2.78. The fourth-order valence-corrected chi connectivity index (χ4v) is 4.59. The monoisotopic (exact) mass is 452 g/mol. The van der Waals surface area contributed by atoms with Gasteiger partial charge in [-0.15, -0.1) is 0 Å². The lowest BCUT2D eigenvalue weighted by molar-refractivity contribution is -0.138. The molecule has 2 bridgehead atoms. The van der Waals surface area contributed by atoms with E-state index in [0.29, 0.717) is 25.2 Å². The molecule has 4 rings (SSSR count). The van der Waals surface area contributed by atoms with Crippen LogP contribution in [0.5, 0.6) is 0 Å². The Morgan fingerprint density at radius 3 is 2.38 bits per heavy atom. The third-order valence-electron chi connectivity index (χ3n) is 5.28.